The van der Waals surface area contributed by atoms with E-state index in [0.29, 0.717) is 0 Å². The second-order valence-electron chi connectivity index (χ2n) is 25.2. The largest absolute Gasteiger partial charge is 0.413 e. The Morgan fingerprint density at radius 3 is 0.681 bits per heavy atom. The van der Waals surface area contributed by atoms with Gasteiger partial charge in [0.1, 0.15) is 8.24 Å². The van der Waals surface area contributed by atoms with Crippen molar-refractivity contribution in [3.05, 3.63) is 0 Å². The maximum Gasteiger partial charge on any atom is 0.150 e. The number of rotatable bonds is 15. The molecule has 0 saturated carbocycles. The summed E-state index contributed by atoms with van der Waals surface area (Å²) in [4.78, 5) is 4.19. The maximum absolute atomic E-state index is 5.10. The SMILES string of the molecule is CC(C)[Si](N[Si]#[Si][Si](C(C)C)(C([Si](C)(C)C)[Si](C)(C)C)C([Si](C)(C)C)[Si](C)(C)C)(C([Si](C)(C)C)[Si](C)(C)C)C([Si](C)(C)C)[Si](C)(C)C. The lowest BCUT2D eigenvalue weighted by Gasteiger charge is -2.61. The molecule has 0 heterocycles. The third kappa shape index (κ3) is 11.7. The summed E-state index contributed by atoms with van der Waals surface area (Å²) in [5.41, 5.74) is 1.68. The van der Waals surface area contributed by atoms with Crippen LogP contribution in [0.3, 0.4) is 0 Å². The lowest BCUT2D eigenvalue weighted by atomic mass is 10.6. The van der Waals surface area contributed by atoms with Gasteiger partial charge in [0.25, 0.3) is 0 Å². The molecule has 280 valence electrons. The van der Waals surface area contributed by atoms with Crippen LogP contribution in [0.15, 0.2) is 0 Å². The minimum atomic E-state index is -1.98. The molecule has 1 N–H and O–H groups in total. The molecule has 0 aromatic heterocycles. The first-order valence-corrected chi connectivity index (χ1v) is 56.4. The second-order valence-corrected chi connectivity index (χ2v) is 90.8. The van der Waals surface area contributed by atoms with Crippen molar-refractivity contribution in [2.75, 3.05) is 0 Å². The van der Waals surface area contributed by atoms with Crippen LogP contribution < -0.4 is 4.65 Å². The lowest BCUT2D eigenvalue weighted by molar-refractivity contribution is 0.935. The fourth-order valence-electron chi connectivity index (χ4n) is 13.4. The van der Waals surface area contributed by atoms with Crippen molar-refractivity contribution in [3.63, 3.8) is 0 Å². The van der Waals surface area contributed by atoms with Gasteiger partial charge in [-0.3, -0.25) is 0 Å². The van der Waals surface area contributed by atoms with Gasteiger partial charge in [0, 0.05) is 64.6 Å². The molecule has 0 unspecified atom stereocenters. The highest BCUT2D eigenvalue weighted by Gasteiger charge is 2.65. The first kappa shape index (κ1) is 49.4. The lowest BCUT2D eigenvalue weighted by Crippen LogP contribution is -2.76. The number of hydrogen-bond acceptors (Lipinski definition) is 1. The van der Waals surface area contributed by atoms with E-state index in [1.54, 1.807) is 0 Å². The van der Waals surface area contributed by atoms with E-state index in [1.807, 2.05) is 0 Å². The van der Waals surface area contributed by atoms with Crippen LogP contribution in [0.4, 0.5) is 0 Å². The second kappa shape index (κ2) is 15.6. The molecule has 0 atom stereocenters. The molecule has 0 aromatic rings. The highest BCUT2D eigenvalue weighted by atomic mass is 29.3. The monoisotopic (exact) mass is 849 g/mol. The zero-order chi connectivity index (χ0) is 38.6. The Morgan fingerprint density at radius 1 is 0.319 bits per heavy atom. The fourth-order valence-corrected chi connectivity index (χ4v) is 164. The van der Waals surface area contributed by atoms with Gasteiger partial charge in [-0.1, -0.05) is 185 Å². The van der Waals surface area contributed by atoms with Gasteiger partial charge in [0.05, 0.1) is 16.2 Å². The molecule has 0 aliphatic heterocycles. The van der Waals surface area contributed by atoms with Crippen molar-refractivity contribution in [2.45, 2.75) is 215 Å². The molecule has 0 aliphatic rings. The summed E-state index contributed by atoms with van der Waals surface area (Å²) in [5.74, 6) is 0. The van der Waals surface area contributed by atoms with E-state index in [0.717, 1.165) is 38.8 Å². The molecule has 0 fully saturated rings. The van der Waals surface area contributed by atoms with Crippen LogP contribution in [-0.4, -0.2) is 96.9 Å². The zero-order valence-electron chi connectivity index (χ0n) is 38.0. The van der Waals surface area contributed by atoms with Crippen molar-refractivity contribution >= 4 is 96.9 Å². The van der Waals surface area contributed by atoms with E-state index in [1.165, 1.54) is 7.93 Å². The van der Waals surface area contributed by atoms with Crippen LogP contribution in [0.2, 0.25) is 187 Å². The summed E-state index contributed by atoms with van der Waals surface area (Å²) in [6.07, 6.45) is 0. The molecule has 0 rings (SSSR count). The Hall–Kier alpha value is 2.40. The van der Waals surface area contributed by atoms with E-state index >= 15 is 0 Å². The van der Waals surface area contributed by atoms with Crippen LogP contribution in [0, 0.1) is 0 Å². The Bertz CT molecular complexity index is 964. The van der Waals surface area contributed by atoms with Crippen molar-refractivity contribution in [1.29, 1.82) is 0 Å². The molecule has 0 spiro atoms. The Labute approximate surface area is 314 Å². The summed E-state index contributed by atoms with van der Waals surface area (Å²) >= 11 is 0. The molecule has 13 heteroatoms. The quantitative estimate of drug-likeness (QED) is 0.162. The summed E-state index contributed by atoms with van der Waals surface area (Å²) < 4.78 is 5.10. The number of hydrogen-bond donors (Lipinski definition) is 1. The standard InChI is InChI=1S/C34H91NSi12/c1-29(2)46(31(38(5,6)7)39(8,9)10,32(40(11,12)13)41(14,15)16)35-36-37-47(30(3)4,33(42(17,18)19)43(20,21)22)34(44(23,24)25)45(26,27)28/h29-35H,1-28H3. The Balaban J connectivity index is 8.90. The van der Waals surface area contributed by atoms with E-state index in [9.17, 15) is 0 Å². The van der Waals surface area contributed by atoms with Gasteiger partial charge >= 0.3 is 0 Å². The van der Waals surface area contributed by atoms with E-state index in [4.69, 9.17) is 4.65 Å². The van der Waals surface area contributed by atoms with Crippen LogP contribution >= 0.6 is 0 Å². The Kier molecular flexibility index (Phi) is 16.4. The van der Waals surface area contributed by atoms with Gasteiger partial charge in [-0.25, -0.2) is 0 Å². The van der Waals surface area contributed by atoms with Crippen LogP contribution in [0.5, 0.6) is 0 Å². The minimum absolute atomic E-state index is 0.802. The predicted octanol–water partition coefficient (Wildman–Crippen LogP) is 13.0. The molecule has 0 aliphatic carbocycles. The minimum Gasteiger partial charge on any atom is -0.413 e. The first-order valence-electron chi connectivity index (χ1n) is 19.4. The van der Waals surface area contributed by atoms with Gasteiger partial charge < -0.3 is 4.65 Å². The average molecular weight is 851 g/mol. The molecule has 0 saturated heterocycles. The fraction of sp³-hybridized carbons (Fsp3) is 1.00. The molecule has 0 bridgehead atoms. The third-order valence-electron chi connectivity index (χ3n) is 11.3. The summed E-state index contributed by atoms with van der Waals surface area (Å²) in [7, 11) is -13.1. The van der Waals surface area contributed by atoms with Gasteiger partial charge in [0.2, 0.25) is 0 Å². The van der Waals surface area contributed by atoms with Crippen LogP contribution in [-0.2, 0) is 0 Å². The third-order valence-corrected chi connectivity index (χ3v) is 103. The van der Waals surface area contributed by atoms with Crippen molar-refractivity contribution in [2.24, 2.45) is 0 Å². The van der Waals surface area contributed by atoms with Crippen LogP contribution in [0.25, 0.3) is 0 Å². The summed E-state index contributed by atoms with van der Waals surface area (Å²) in [6.45, 7) is 78.4. The molecular formula is C34H91NSi12. The highest BCUT2D eigenvalue weighted by molar-refractivity contribution is 7.42. The normalized spacial score (nSPS) is 15.8. The molecule has 0 amide bonds. The number of nitrogens with one attached hydrogen (secondary N) is 1. The van der Waals surface area contributed by atoms with E-state index in [2.05, 4.69) is 185 Å². The average Bonchev–Trinajstić information content (AvgIpc) is 2.63. The van der Waals surface area contributed by atoms with Gasteiger partial charge in [-0.05, 0) is 38.2 Å². The maximum atomic E-state index is 5.10. The molecule has 47 heavy (non-hydrogen) atoms. The smallest absolute Gasteiger partial charge is 0.150 e. The first-order chi connectivity index (χ1) is 20.1. The topological polar surface area (TPSA) is 12.0 Å². The highest BCUT2D eigenvalue weighted by Crippen LogP contribution is 2.56. The van der Waals surface area contributed by atoms with Gasteiger partial charge in [-0.15, -0.1) is 0 Å². The van der Waals surface area contributed by atoms with Crippen molar-refractivity contribution in [3.8, 4) is 0 Å². The molecular weight excluding hydrogens is 759 g/mol. The zero-order valence-corrected chi connectivity index (χ0v) is 50.0. The van der Waals surface area contributed by atoms with Gasteiger partial charge in [-0.2, -0.15) is 0 Å². The summed E-state index contributed by atoms with van der Waals surface area (Å²) in [5, 5.41) is 0. The molecule has 0 radical (unpaired) electrons. The molecule has 1 nitrogen and oxygen atoms in total. The Morgan fingerprint density at radius 2 is 0.532 bits per heavy atom. The van der Waals surface area contributed by atoms with E-state index < -0.39 is 80.4 Å². The molecule has 0 aromatic carbocycles. The van der Waals surface area contributed by atoms with Crippen LogP contribution in [0.1, 0.15) is 27.7 Å². The van der Waals surface area contributed by atoms with Crippen molar-refractivity contribution < 1.29 is 0 Å². The summed E-state index contributed by atoms with van der Waals surface area (Å²) in [6, 6.07) is 0. The predicted molar refractivity (Wildman–Crippen MR) is 258 cm³/mol. The van der Waals surface area contributed by atoms with Crippen molar-refractivity contribution in [1.82, 2.24) is 4.65 Å². The van der Waals surface area contributed by atoms with E-state index in [-0.39, 0.29) is 0 Å². The van der Waals surface area contributed by atoms with Gasteiger partial charge in [0.15, 0.2) is 0 Å².